The molecule has 0 bridgehead atoms. The number of sulfonamides is 1. The molecule has 0 saturated heterocycles. The molecule has 0 amide bonds. The molecule has 1 atom stereocenters. The van der Waals surface area contributed by atoms with E-state index in [0.717, 1.165) is 28.3 Å². The molecule has 1 aliphatic rings. The Morgan fingerprint density at radius 2 is 1.86 bits per heavy atom. The number of dihydropyridines is 1. The molecule has 0 radical (unpaired) electrons. The average Bonchev–Trinajstić information content (AvgIpc) is 3.38. The fraction of sp³-hybridized carbons (Fsp3) is 0.273. The zero-order valence-corrected chi connectivity index (χ0v) is 22.2. The molecule has 3 rings (SSSR count). The predicted molar refractivity (Wildman–Crippen MR) is 131 cm³/mol. The molecule has 13 heteroatoms. The summed E-state index contributed by atoms with van der Waals surface area (Å²) in [7, 11) is -1.88. The first-order valence-corrected chi connectivity index (χ1v) is 13.2. The highest BCUT2D eigenvalue weighted by molar-refractivity contribution is 9.11. The summed E-state index contributed by atoms with van der Waals surface area (Å²) in [5.41, 5.74) is 0.928. The Labute approximate surface area is 214 Å². The highest BCUT2D eigenvalue weighted by Gasteiger charge is 2.35. The maximum absolute atomic E-state index is 13.4. The van der Waals surface area contributed by atoms with Crippen LogP contribution in [0.5, 0.6) is 0 Å². The van der Waals surface area contributed by atoms with E-state index in [1.165, 1.54) is 31.5 Å². The minimum atomic E-state index is -4.19. The van der Waals surface area contributed by atoms with Crippen LogP contribution in [0.15, 0.2) is 62.6 Å². The number of hydrogen-bond donors (Lipinski definition) is 1. The first kappa shape index (κ1) is 26.7. The fourth-order valence-electron chi connectivity index (χ4n) is 3.18. The van der Waals surface area contributed by atoms with E-state index in [2.05, 4.69) is 31.0 Å². The van der Waals surface area contributed by atoms with Crippen LogP contribution >= 0.6 is 27.3 Å². The van der Waals surface area contributed by atoms with Crippen LogP contribution in [0.1, 0.15) is 15.4 Å². The van der Waals surface area contributed by atoms with Gasteiger partial charge in [-0.15, -0.1) is 11.3 Å². The number of carbonyl (C=O) groups is 3. The van der Waals surface area contributed by atoms with Crippen molar-refractivity contribution in [1.82, 2.24) is 14.6 Å². The molecule has 0 fully saturated rings. The van der Waals surface area contributed by atoms with Crippen molar-refractivity contribution < 1.29 is 32.3 Å². The molecule has 35 heavy (non-hydrogen) atoms. The lowest BCUT2D eigenvalue weighted by Gasteiger charge is -2.29. The largest absolute Gasteiger partial charge is 0.468 e. The van der Waals surface area contributed by atoms with E-state index in [1.807, 2.05) is 6.92 Å². The number of rotatable bonds is 9. The van der Waals surface area contributed by atoms with Crippen LogP contribution in [-0.4, -0.2) is 68.8 Å². The number of hydrogen-bond acceptors (Lipinski definition) is 10. The lowest BCUT2D eigenvalue weighted by molar-refractivity contribution is -0.140. The maximum atomic E-state index is 13.4. The van der Waals surface area contributed by atoms with Gasteiger partial charge in [0.05, 0.1) is 31.2 Å². The van der Waals surface area contributed by atoms with Crippen LogP contribution < -0.4 is 5.32 Å². The van der Waals surface area contributed by atoms with Crippen LogP contribution in [-0.2, 0) is 29.1 Å². The first-order chi connectivity index (χ1) is 16.6. The lowest BCUT2D eigenvalue weighted by Crippen LogP contribution is -2.46. The van der Waals surface area contributed by atoms with Crippen molar-refractivity contribution in [2.45, 2.75) is 17.9 Å². The molecule has 186 valence electrons. The smallest absolute Gasteiger partial charge is 0.339 e. The van der Waals surface area contributed by atoms with Crippen molar-refractivity contribution in [2.24, 2.45) is 0 Å². The summed E-state index contributed by atoms with van der Waals surface area (Å²) in [6.45, 7) is 0.752. The summed E-state index contributed by atoms with van der Waals surface area (Å²) < 4.78 is 37.6. The van der Waals surface area contributed by atoms with Crippen LogP contribution in [0.3, 0.4) is 0 Å². The summed E-state index contributed by atoms with van der Waals surface area (Å²) in [6, 6.07) is 5.13. The van der Waals surface area contributed by atoms with Crippen molar-refractivity contribution >= 4 is 55.0 Å². The summed E-state index contributed by atoms with van der Waals surface area (Å²) in [5, 5.41) is 4.81. The normalized spacial score (nSPS) is 15.9. The highest BCUT2D eigenvalue weighted by Crippen LogP contribution is 2.28. The standard InChI is InChI=1S/C22H22BrN3O7S2/c1-13-4-6-14(7-5-13)35(30,31)26(12-18(27)32-2)11-17-15(22(29)33-3)10-16(23)19(25-17)20(28)21-24-8-9-34-21/h4-10,19,25H,11-12H2,1-3H3. The van der Waals surface area contributed by atoms with Crippen molar-refractivity contribution in [3.8, 4) is 0 Å². The Hall–Kier alpha value is -2.87. The highest BCUT2D eigenvalue weighted by atomic mass is 79.9. The number of carbonyl (C=O) groups excluding carboxylic acids is 3. The van der Waals surface area contributed by atoms with Gasteiger partial charge in [-0.05, 0) is 25.1 Å². The number of ketones is 1. The van der Waals surface area contributed by atoms with Crippen LogP contribution in [0, 0.1) is 6.92 Å². The molecule has 2 aromatic rings. The zero-order chi connectivity index (χ0) is 25.8. The van der Waals surface area contributed by atoms with Gasteiger partial charge in [-0.2, -0.15) is 4.31 Å². The van der Waals surface area contributed by atoms with E-state index >= 15 is 0 Å². The third-order valence-corrected chi connectivity index (χ3v) is 8.32. The number of ether oxygens (including phenoxy) is 2. The number of aromatic nitrogens is 1. The van der Waals surface area contributed by atoms with Crippen molar-refractivity contribution in [2.75, 3.05) is 27.3 Å². The maximum Gasteiger partial charge on any atom is 0.339 e. The average molecular weight is 584 g/mol. The number of nitrogens with one attached hydrogen (secondary N) is 1. The van der Waals surface area contributed by atoms with Crippen molar-refractivity contribution in [1.29, 1.82) is 0 Å². The van der Waals surface area contributed by atoms with Gasteiger partial charge in [0.2, 0.25) is 15.8 Å². The molecule has 1 unspecified atom stereocenters. The van der Waals surface area contributed by atoms with Gasteiger partial charge in [0.15, 0.2) is 5.01 Å². The molecular formula is C22H22BrN3O7S2. The van der Waals surface area contributed by atoms with Gasteiger partial charge in [0.1, 0.15) is 12.6 Å². The van der Waals surface area contributed by atoms with Gasteiger partial charge in [-0.3, -0.25) is 9.59 Å². The zero-order valence-electron chi connectivity index (χ0n) is 19.0. The van der Waals surface area contributed by atoms with Gasteiger partial charge >= 0.3 is 11.9 Å². The second kappa shape index (κ2) is 11.2. The number of nitrogens with zero attached hydrogens (tertiary/aromatic N) is 2. The SMILES string of the molecule is COC(=O)CN(CC1=C(C(=O)OC)C=C(Br)C(C(=O)c2nccs2)N1)S(=O)(=O)c1ccc(C)cc1. The van der Waals surface area contributed by atoms with Gasteiger partial charge in [0, 0.05) is 21.8 Å². The molecular weight excluding hydrogens is 562 g/mol. The van der Waals surface area contributed by atoms with E-state index in [-0.39, 0.29) is 27.0 Å². The van der Waals surface area contributed by atoms with Crippen molar-refractivity contribution in [3.05, 3.63) is 68.2 Å². The fourth-order valence-corrected chi connectivity index (χ4v) is 5.69. The van der Waals surface area contributed by atoms with Crippen LogP contribution in [0.4, 0.5) is 0 Å². The van der Waals surface area contributed by atoms with Gasteiger partial charge in [0.25, 0.3) is 0 Å². The summed E-state index contributed by atoms with van der Waals surface area (Å²) >= 11 is 4.46. The number of methoxy groups -OCH3 is 2. The monoisotopic (exact) mass is 583 g/mol. The Bertz CT molecular complexity index is 1290. The van der Waals surface area contributed by atoms with Crippen molar-refractivity contribution in [3.63, 3.8) is 0 Å². The third kappa shape index (κ3) is 6.04. The summed E-state index contributed by atoms with van der Waals surface area (Å²) in [5.74, 6) is -1.94. The van der Waals surface area contributed by atoms with E-state index in [4.69, 9.17) is 4.74 Å². The van der Waals surface area contributed by atoms with E-state index < -0.39 is 41.1 Å². The molecule has 10 nitrogen and oxygen atoms in total. The topological polar surface area (TPSA) is 132 Å². The molecule has 1 N–H and O–H groups in total. The second-order valence-electron chi connectivity index (χ2n) is 7.35. The third-order valence-electron chi connectivity index (χ3n) is 5.04. The summed E-state index contributed by atoms with van der Waals surface area (Å²) in [4.78, 5) is 41.6. The lowest BCUT2D eigenvalue weighted by atomic mass is 10.0. The number of esters is 2. The summed E-state index contributed by atoms with van der Waals surface area (Å²) in [6.07, 6.45) is 2.88. The number of Topliss-reactive ketones (excluding diaryl/α,β-unsaturated/α-hetero) is 1. The molecule has 2 heterocycles. The van der Waals surface area contributed by atoms with Crippen LogP contribution in [0.2, 0.25) is 0 Å². The Morgan fingerprint density at radius 3 is 2.43 bits per heavy atom. The minimum Gasteiger partial charge on any atom is -0.468 e. The number of halogens is 1. The van der Waals surface area contributed by atoms with Crippen LogP contribution in [0.25, 0.3) is 0 Å². The molecule has 1 aromatic carbocycles. The first-order valence-electron chi connectivity index (χ1n) is 10.1. The molecule has 1 aromatic heterocycles. The van der Waals surface area contributed by atoms with E-state index in [0.29, 0.717) is 4.48 Å². The molecule has 0 saturated carbocycles. The van der Waals surface area contributed by atoms with Gasteiger partial charge in [-0.1, -0.05) is 33.6 Å². The molecule has 1 aliphatic heterocycles. The molecule has 0 spiro atoms. The van der Waals surface area contributed by atoms with E-state index in [1.54, 1.807) is 17.5 Å². The Morgan fingerprint density at radius 1 is 1.17 bits per heavy atom. The predicted octanol–water partition coefficient (Wildman–Crippen LogP) is 2.18. The quantitative estimate of drug-likeness (QED) is 0.348. The molecule has 0 aliphatic carbocycles. The van der Waals surface area contributed by atoms with Gasteiger partial charge in [-0.25, -0.2) is 18.2 Å². The Balaban J connectivity index is 2.04. The van der Waals surface area contributed by atoms with E-state index in [9.17, 15) is 22.8 Å². The number of thiazole rings is 1. The van der Waals surface area contributed by atoms with Gasteiger partial charge < -0.3 is 14.8 Å². The minimum absolute atomic E-state index is 0.00321. The number of benzene rings is 1. The second-order valence-corrected chi connectivity index (χ2v) is 11.1. The number of aryl methyl sites for hydroxylation is 1. The Kier molecular flexibility index (Phi) is 8.59.